The number of aromatic hydroxyl groups is 2. The van der Waals surface area contributed by atoms with Crippen molar-refractivity contribution in [2.45, 2.75) is 6.42 Å². The number of nitrogens with one attached hydrogen (secondary N) is 2. The molecule has 2 aromatic heterocycles. The van der Waals surface area contributed by atoms with Crippen molar-refractivity contribution < 1.29 is 24.9 Å². The average Bonchev–Trinajstić information content (AvgIpc) is 3.14. The maximum Gasteiger partial charge on any atom is 0.426 e. The van der Waals surface area contributed by atoms with E-state index in [0.717, 1.165) is 11.6 Å². The third-order valence-electron chi connectivity index (χ3n) is 3.74. The largest absolute Gasteiger partial charge is 0.508 e. The molecule has 0 spiro atoms. The second-order valence-corrected chi connectivity index (χ2v) is 5.67. The summed E-state index contributed by atoms with van der Waals surface area (Å²) in [5.41, 5.74) is 2.76. The van der Waals surface area contributed by atoms with Crippen LogP contribution in [-0.2, 0) is 6.42 Å². The van der Waals surface area contributed by atoms with Gasteiger partial charge in [0, 0.05) is 30.4 Å². The number of carbonyl (C=O) groups is 2. The number of hydrogen-bond acceptors (Lipinski definition) is 7. The number of benzene rings is 1. The van der Waals surface area contributed by atoms with Crippen LogP contribution in [0.5, 0.6) is 11.5 Å². The number of aromatic nitrogens is 4. The van der Waals surface area contributed by atoms with E-state index in [1.807, 2.05) is 0 Å². The van der Waals surface area contributed by atoms with Crippen molar-refractivity contribution >= 4 is 12.0 Å². The lowest BCUT2D eigenvalue weighted by atomic mass is 10.2. The number of H-pyrrole nitrogens is 1. The number of hydrogen-bond donors (Lipinski definition) is 5. The smallest absolute Gasteiger partial charge is 0.426 e. The molecule has 2 heterocycles. The van der Waals surface area contributed by atoms with Crippen LogP contribution in [-0.4, -0.2) is 59.0 Å². The van der Waals surface area contributed by atoms with Crippen molar-refractivity contribution in [3.8, 4) is 22.9 Å². The molecule has 3 rings (SSSR count). The Bertz CT molecular complexity index is 991. The van der Waals surface area contributed by atoms with Crippen LogP contribution in [0.4, 0.5) is 4.79 Å². The van der Waals surface area contributed by atoms with E-state index in [1.54, 1.807) is 24.5 Å². The number of carbonyl (C=O) groups excluding carboxylic acids is 1. The fraction of sp³-hybridized carbons (Fsp3) is 0.118. The number of phenols is 2. The second-order valence-electron chi connectivity index (χ2n) is 5.67. The first-order valence-electron chi connectivity index (χ1n) is 8.09. The summed E-state index contributed by atoms with van der Waals surface area (Å²) < 4.78 is 0. The van der Waals surface area contributed by atoms with Gasteiger partial charge in [-0.15, -0.1) is 0 Å². The summed E-state index contributed by atoms with van der Waals surface area (Å²) in [5, 5.41) is 35.7. The molecule has 0 fully saturated rings. The van der Waals surface area contributed by atoms with E-state index in [0.29, 0.717) is 16.7 Å². The predicted molar refractivity (Wildman–Crippen MR) is 95.3 cm³/mol. The molecule has 1 aromatic carbocycles. The molecular weight excluding hydrogens is 368 g/mol. The molecule has 5 N–H and O–H groups in total. The first-order valence-corrected chi connectivity index (χ1v) is 8.09. The Morgan fingerprint density at radius 2 is 1.89 bits per heavy atom. The molecule has 11 nitrogen and oxygen atoms in total. The van der Waals surface area contributed by atoms with E-state index in [4.69, 9.17) is 0 Å². The highest BCUT2D eigenvalue weighted by atomic mass is 16.4. The Morgan fingerprint density at radius 1 is 1.14 bits per heavy atom. The molecule has 0 saturated heterocycles. The third-order valence-corrected chi connectivity index (χ3v) is 3.74. The summed E-state index contributed by atoms with van der Waals surface area (Å²) in [6, 6.07) is 6.84. The minimum atomic E-state index is -1.39. The summed E-state index contributed by atoms with van der Waals surface area (Å²) >= 11 is 0. The Balaban J connectivity index is 1.65. The van der Waals surface area contributed by atoms with Gasteiger partial charge in [0.1, 0.15) is 17.3 Å². The molecule has 0 atom stereocenters. The topological polar surface area (TPSA) is 165 Å². The molecule has 0 unspecified atom stereocenters. The lowest BCUT2D eigenvalue weighted by molar-refractivity contribution is 0.0754. The van der Waals surface area contributed by atoms with Crippen LogP contribution >= 0.6 is 0 Å². The molecule has 0 aliphatic heterocycles. The molecule has 28 heavy (non-hydrogen) atoms. The van der Waals surface area contributed by atoms with Gasteiger partial charge in [0.05, 0.1) is 12.1 Å². The normalized spacial score (nSPS) is 10.4. The van der Waals surface area contributed by atoms with E-state index >= 15 is 0 Å². The van der Waals surface area contributed by atoms with E-state index in [2.05, 4.69) is 25.6 Å². The summed E-state index contributed by atoms with van der Waals surface area (Å²) in [6.07, 6.45) is 1.98. The van der Waals surface area contributed by atoms with E-state index in [1.165, 1.54) is 12.1 Å². The number of pyridine rings is 1. The van der Waals surface area contributed by atoms with Gasteiger partial charge in [-0.05, 0) is 24.3 Å². The first kappa shape index (κ1) is 18.6. The van der Waals surface area contributed by atoms with Crippen LogP contribution in [0.15, 0.2) is 42.7 Å². The van der Waals surface area contributed by atoms with Gasteiger partial charge in [0.25, 0.3) is 5.91 Å². The average molecular weight is 384 g/mol. The number of carboxylic acid groups (broad SMARTS) is 1. The van der Waals surface area contributed by atoms with Crippen molar-refractivity contribution in [1.82, 2.24) is 30.6 Å². The fourth-order valence-corrected chi connectivity index (χ4v) is 2.35. The fourth-order valence-electron chi connectivity index (χ4n) is 2.35. The molecule has 11 heteroatoms. The van der Waals surface area contributed by atoms with Crippen molar-refractivity contribution in [3.05, 3.63) is 54.1 Å². The van der Waals surface area contributed by atoms with Crippen LogP contribution in [0.3, 0.4) is 0 Å². The van der Waals surface area contributed by atoms with Gasteiger partial charge in [0.2, 0.25) is 0 Å². The number of hydrazine groups is 1. The van der Waals surface area contributed by atoms with E-state index < -0.39 is 17.7 Å². The molecule has 0 saturated carbocycles. The highest BCUT2D eigenvalue weighted by molar-refractivity contribution is 5.97. The summed E-state index contributed by atoms with van der Waals surface area (Å²) in [5.74, 6) is -0.661. The molecule has 0 aliphatic carbocycles. The zero-order chi connectivity index (χ0) is 20.1. The highest BCUT2D eigenvalue weighted by Gasteiger charge is 2.19. The van der Waals surface area contributed by atoms with Gasteiger partial charge < -0.3 is 15.3 Å². The highest BCUT2D eigenvalue weighted by Crippen LogP contribution is 2.22. The standard InChI is InChI=1S/C17H16N6O5/c24-11-1-2-12(13(25)9-11)16(26)22-23(17(27)28)8-5-14-19-15(21-20-14)10-3-6-18-7-4-10/h1-4,6-7,9,24-25H,5,8H2,(H,22,26)(H,27,28)(H,19,20,21). The van der Waals surface area contributed by atoms with E-state index in [9.17, 15) is 24.9 Å². The molecule has 0 aliphatic rings. The third kappa shape index (κ3) is 4.33. The molecule has 2 amide bonds. The zero-order valence-electron chi connectivity index (χ0n) is 14.4. The molecule has 144 valence electrons. The number of aromatic amines is 1. The summed E-state index contributed by atoms with van der Waals surface area (Å²) in [4.78, 5) is 31.8. The Morgan fingerprint density at radius 3 is 2.57 bits per heavy atom. The van der Waals surface area contributed by atoms with Crippen LogP contribution in [0, 0.1) is 0 Å². The molecule has 3 aromatic rings. The Labute approximate surface area is 158 Å². The van der Waals surface area contributed by atoms with Crippen LogP contribution in [0.25, 0.3) is 11.4 Å². The van der Waals surface area contributed by atoms with Gasteiger partial charge in [-0.3, -0.25) is 20.3 Å². The van der Waals surface area contributed by atoms with Crippen molar-refractivity contribution in [1.29, 1.82) is 0 Å². The SMILES string of the molecule is O=C(NN(CCc1nc(-c2ccncc2)n[nH]1)C(=O)O)c1ccc(O)cc1O. The van der Waals surface area contributed by atoms with Gasteiger partial charge in [0.15, 0.2) is 5.82 Å². The Hall–Kier alpha value is -4.15. The number of phenolic OH excluding ortho intramolecular Hbond substituents is 2. The van der Waals surface area contributed by atoms with Gasteiger partial charge >= 0.3 is 6.09 Å². The van der Waals surface area contributed by atoms with Gasteiger partial charge in [-0.25, -0.2) is 14.8 Å². The minimum Gasteiger partial charge on any atom is -0.508 e. The number of rotatable bonds is 5. The number of amides is 2. The van der Waals surface area contributed by atoms with Gasteiger partial charge in [-0.1, -0.05) is 0 Å². The second kappa shape index (κ2) is 8.03. The monoisotopic (exact) mass is 384 g/mol. The lowest BCUT2D eigenvalue weighted by Gasteiger charge is -2.19. The quantitative estimate of drug-likeness (QED) is 0.409. The summed E-state index contributed by atoms with van der Waals surface area (Å²) in [6.45, 7) is -0.106. The zero-order valence-corrected chi connectivity index (χ0v) is 14.4. The van der Waals surface area contributed by atoms with Crippen LogP contribution < -0.4 is 5.43 Å². The van der Waals surface area contributed by atoms with Crippen molar-refractivity contribution in [3.63, 3.8) is 0 Å². The first-order chi connectivity index (χ1) is 13.4. The maximum absolute atomic E-state index is 12.2. The van der Waals surface area contributed by atoms with Crippen LogP contribution in [0.1, 0.15) is 16.2 Å². The predicted octanol–water partition coefficient (Wildman–Crippen LogP) is 1.15. The van der Waals surface area contributed by atoms with E-state index in [-0.39, 0.29) is 24.3 Å². The Kier molecular flexibility index (Phi) is 5.35. The number of nitrogens with zero attached hydrogens (tertiary/aromatic N) is 4. The molecule has 0 radical (unpaired) electrons. The van der Waals surface area contributed by atoms with Crippen molar-refractivity contribution in [2.24, 2.45) is 0 Å². The minimum absolute atomic E-state index is 0.106. The van der Waals surface area contributed by atoms with Crippen molar-refractivity contribution in [2.75, 3.05) is 6.54 Å². The molecular formula is C17H16N6O5. The summed E-state index contributed by atoms with van der Waals surface area (Å²) in [7, 11) is 0. The van der Waals surface area contributed by atoms with Gasteiger partial charge in [-0.2, -0.15) is 5.10 Å². The molecule has 0 bridgehead atoms. The van der Waals surface area contributed by atoms with Crippen LogP contribution in [0.2, 0.25) is 0 Å². The maximum atomic E-state index is 12.2. The lowest BCUT2D eigenvalue weighted by Crippen LogP contribution is -2.46.